The zero-order valence-corrected chi connectivity index (χ0v) is 9.41. The third kappa shape index (κ3) is 7.66. The Hall–Kier alpha value is -0.240. The Labute approximate surface area is 91.9 Å². The molecule has 92 valence electrons. The lowest BCUT2D eigenvalue weighted by molar-refractivity contribution is 0.266. The average molecular weight is 218 g/mol. The summed E-state index contributed by atoms with van der Waals surface area (Å²) in [5, 5.41) is 3.25. The van der Waals surface area contributed by atoms with E-state index in [0.717, 1.165) is 25.8 Å². The van der Waals surface area contributed by atoms with Crippen LogP contribution in [0.5, 0.6) is 0 Å². The molecule has 1 atom stereocenters. The van der Waals surface area contributed by atoms with E-state index in [1.54, 1.807) is 0 Å². The van der Waals surface area contributed by atoms with E-state index in [4.69, 9.17) is 28.7 Å². The first-order chi connectivity index (χ1) is 7.04. The van der Waals surface area contributed by atoms with Crippen LogP contribution < -0.4 is 34.0 Å². The Kier molecular flexibility index (Phi) is 7.85. The van der Waals surface area contributed by atoms with E-state index in [-0.39, 0.29) is 0 Å². The van der Waals surface area contributed by atoms with Crippen molar-refractivity contribution in [3.05, 3.63) is 0 Å². The summed E-state index contributed by atoms with van der Waals surface area (Å²) in [5.41, 5.74) is 27.6. The molecule has 0 radical (unpaired) electrons. The smallest absolute Gasteiger partial charge is 0.0690 e. The molecule has 0 bridgehead atoms. The first-order valence-corrected chi connectivity index (χ1v) is 5.49. The normalized spacial score (nSPS) is 15.6. The highest BCUT2D eigenvalue weighted by molar-refractivity contribution is 4.84. The van der Waals surface area contributed by atoms with E-state index in [1.165, 1.54) is 0 Å². The highest BCUT2D eigenvalue weighted by Gasteiger charge is 2.24. The summed E-state index contributed by atoms with van der Waals surface area (Å²) in [6.07, 6.45) is 2.66. The van der Waals surface area contributed by atoms with Gasteiger partial charge in [0, 0.05) is 6.42 Å². The van der Waals surface area contributed by atoms with Crippen molar-refractivity contribution >= 4 is 0 Å². The Morgan fingerprint density at radius 1 is 1.07 bits per heavy atom. The minimum absolute atomic E-state index is 0.404. The van der Waals surface area contributed by atoms with Crippen molar-refractivity contribution in [2.45, 2.75) is 37.5 Å². The van der Waals surface area contributed by atoms with Gasteiger partial charge in [0.25, 0.3) is 0 Å². The van der Waals surface area contributed by atoms with Crippen LogP contribution in [0.3, 0.4) is 0 Å². The van der Waals surface area contributed by atoms with Crippen molar-refractivity contribution in [3.63, 3.8) is 0 Å². The first kappa shape index (κ1) is 14.8. The molecule has 15 heavy (non-hydrogen) atoms. The molecule has 0 aliphatic carbocycles. The fourth-order valence-electron chi connectivity index (χ4n) is 1.54. The molecular formula is C9H26N6. The molecule has 0 aliphatic rings. The third-order valence-electron chi connectivity index (χ3n) is 2.28. The highest BCUT2D eigenvalue weighted by Crippen LogP contribution is 2.11. The molecule has 0 rings (SSSR count). The molecule has 0 spiro atoms. The molecule has 0 saturated heterocycles. The molecule has 0 heterocycles. The molecule has 6 heteroatoms. The minimum Gasteiger partial charge on any atom is -0.330 e. The fraction of sp³-hybridized carbons (Fsp3) is 1.00. The molecule has 0 aromatic carbocycles. The first-order valence-electron chi connectivity index (χ1n) is 5.49. The van der Waals surface area contributed by atoms with Gasteiger partial charge >= 0.3 is 0 Å². The second-order valence-electron chi connectivity index (χ2n) is 3.99. The number of hydrogen-bond donors (Lipinski definition) is 6. The largest absolute Gasteiger partial charge is 0.330 e. The van der Waals surface area contributed by atoms with Crippen LogP contribution in [0.15, 0.2) is 0 Å². The van der Waals surface area contributed by atoms with E-state index in [9.17, 15) is 0 Å². The summed E-state index contributed by atoms with van der Waals surface area (Å²) in [4.78, 5) is 0. The van der Waals surface area contributed by atoms with E-state index < -0.39 is 11.8 Å². The van der Waals surface area contributed by atoms with Crippen LogP contribution in [0, 0.1) is 0 Å². The number of nitrogens with two attached hydrogens (primary N) is 5. The Morgan fingerprint density at radius 2 is 1.67 bits per heavy atom. The number of nitrogens with one attached hydrogen (secondary N) is 1. The van der Waals surface area contributed by atoms with Gasteiger partial charge < -0.3 is 28.7 Å². The molecule has 0 fully saturated rings. The van der Waals surface area contributed by atoms with Crippen LogP contribution >= 0.6 is 0 Å². The van der Waals surface area contributed by atoms with Gasteiger partial charge in [-0.2, -0.15) is 0 Å². The summed E-state index contributed by atoms with van der Waals surface area (Å²) in [5.74, 6) is 0. The van der Waals surface area contributed by atoms with Crippen LogP contribution in [0.4, 0.5) is 0 Å². The Bertz CT molecular complexity index is 152. The lowest BCUT2D eigenvalue weighted by atomic mass is 9.99. The van der Waals surface area contributed by atoms with Gasteiger partial charge in [-0.05, 0) is 38.9 Å². The van der Waals surface area contributed by atoms with Gasteiger partial charge in [-0.25, -0.2) is 0 Å². The predicted molar refractivity (Wildman–Crippen MR) is 63.7 cm³/mol. The van der Waals surface area contributed by atoms with Gasteiger partial charge in [-0.1, -0.05) is 0 Å². The summed E-state index contributed by atoms with van der Waals surface area (Å²) in [7, 11) is 0. The number of hydrogen-bond acceptors (Lipinski definition) is 6. The monoisotopic (exact) mass is 218 g/mol. The van der Waals surface area contributed by atoms with Gasteiger partial charge in [0.1, 0.15) is 0 Å². The standard InChI is InChI=1S/C9H26N6/c10-4-1-3-9(14,7-8(12)13)15-6-2-5-11/h8,15H,1-7,10-14H2. The predicted octanol–water partition coefficient (Wildman–Crippen LogP) is -2.05. The van der Waals surface area contributed by atoms with Crippen molar-refractivity contribution < 1.29 is 0 Å². The highest BCUT2D eigenvalue weighted by atomic mass is 15.1. The van der Waals surface area contributed by atoms with Gasteiger partial charge in [0.2, 0.25) is 0 Å². The van der Waals surface area contributed by atoms with Gasteiger partial charge in [-0.15, -0.1) is 0 Å². The van der Waals surface area contributed by atoms with E-state index in [2.05, 4.69) is 5.32 Å². The van der Waals surface area contributed by atoms with Crippen LogP contribution in [-0.2, 0) is 0 Å². The van der Waals surface area contributed by atoms with Crippen molar-refractivity contribution in [3.8, 4) is 0 Å². The maximum atomic E-state index is 6.16. The van der Waals surface area contributed by atoms with E-state index in [1.807, 2.05) is 0 Å². The maximum absolute atomic E-state index is 6.16. The van der Waals surface area contributed by atoms with E-state index >= 15 is 0 Å². The Balaban J connectivity index is 4.01. The lowest BCUT2D eigenvalue weighted by Crippen LogP contribution is -2.58. The van der Waals surface area contributed by atoms with Crippen molar-refractivity contribution in [2.24, 2.45) is 28.7 Å². The third-order valence-corrected chi connectivity index (χ3v) is 2.28. The Morgan fingerprint density at radius 3 is 2.13 bits per heavy atom. The van der Waals surface area contributed by atoms with Crippen LogP contribution in [-0.4, -0.2) is 31.5 Å². The fourth-order valence-corrected chi connectivity index (χ4v) is 1.54. The second-order valence-corrected chi connectivity index (χ2v) is 3.99. The average Bonchev–Trinajstić information content (AvgIpc) is 2.14. The molecule has 0 amide bonds. The van der Waals surface area contributed by atoms with Crippen LogP contribution in [0.1, 0.15) is 25.7 Å². The van der Waals surface area contributed by atoms with Crippen molar-refractivity contribution in [2.75, 3.05) is 19.6 Å². The molecule has 11 N–H and O–H groups in total. The van der Waals surface area contributed by atoms with Gasteiger partial charge in [0.05, 0.1) is 11.8 Å². The molecule has 0 aromatic rings. The molecule has 0 saturated carbocycles. The molecule has 0 aliphatic heterocycles. The van der Waals surface area contributed by atoms with Crippen molar-refractivity contribution in [1.82, 2.24) is 5.32 Å². The zero-order valence-electron chi connectivity index (χ0n) is 9.41. The molecule has 1 unspecified atom stereocenters. The van der Waals surface area contributed by atoms with Gasteiger partial charge in [0.15, 0.2) is 0 Å². The summed E-state index contributed by atoms with van der Waals surface area (Å²) < 4.78 is 0. The van der Waals surface area contributed by atoms with Gasteiger partial charge in [-0.3, -0.25) is 5.32 Å². The lowest BCUT2D eigenvalue weighted by Gasteiger charge is -2.32. The number of rotatable bonds is 9. The van der Waals surface area contributed by atoms with Crippen LogP contribution in [0.25, 0.3) is 0 Å². The summed E-state index contributed by atoms with van der Waals surface area (Å²) in [6.45, 7) is 2.05. The quantitative estimate of drug-likeness (QED) is 0.194. The second kappa shape index (κ2) is 7.98. The molecule has 0 aromatic heterocycles. The van der Waals surface area contributed by atoms with Crippen LogP contribution in [0.2, 0.25) is 0 Å². The minimum atomic E-state index is -0.511. The molecule has 6 nitrogen and oxygen atoms in total. The zero-order chi connectivity index (χ0) is 11.7. The van der Waals surface area contributed by atoms with E-state index in [0.29, 0.717) is 19.5 Å². The topological polar surface area (TPSA) is 142 Å². The van der Waals surface area contributed by atoms with Crippen molar-refractivity contribution in [1.29, 1.82) is 0 Å². The summed E-state index contributed by atoms with van der Waals surface area (Å²) >= 11 is 0. The maximum Gasteiger partial charge on any atom is 0.0690 e. The molecular weight excluding hydrogens is 192 g/mol. The summed E-state index contributed by atoms with van der Waals surface area (Å²) in [6, 6.07) is 0. The SMILES string of the molecule is NCCCNC(N)(CCCN)CC(N)N.